The molecule has 1 aromatic rings. The third kappa shape index (κ3) is 1.70. The van der Waals surface area contributed by atoms with Gasteiger partial charge in [0.2, 0.25) is 5.91 Å². The van der Waals surface area contributed by atoms with Crippen molar-refractivity contribution in [3.63, 3.8) is 0 Å². The number of carbonyl (C=O) groups is 1. The van der Waals surface area contributed by atoms with E-state index in [1.54, 1.807) is 0 Å². The van der Waals surface area contributed by atoms with Crippen molar-refractivity contribution in [3.8, 4) is 0 Å². The lowest BCUT2D eigenvalue weighted by Gasteiger charge is -2.16. The Labute approximate surface area is 101 Å². The van der Waals surface area contributed by atoms with E-state index in [4.69, 9.17) is 5.73 Å². The zero-order valence-electron chi connectivity index (χ0n) is 8.93. The summed E-state index contributed by atoms with van der Waals surface area (Å²) in [7, 11) is 0. The third-order valence-corrected chi connectivity index (χ3v) is 3.23. The highest BCUT2D eigenvalue weighted by Crippen LogP contribution is 2.38. The number of hydrogen-bond acceptors (Lipinski definition) is 2. The Bertz CT molecular complexity index is 417. The Morgan fingerprint density at radius 2 is 2.00 bits per heavy atom. The first-order valence-corrected chi connectivity index (χ1v) is 5.43. The van der Waals surface area contributed by atoms with Crippen LogP contribution in [0.15, 0.2) is 24.3 Å². The van der Waals surface area contributed by atoms with Crippen molar-refractivity contribution in [3.05, 3.63) is 29.8 Å². The predicted molar refractivity (Wildman–Crippen MR) is 65.7 cm³/mol. The molecule has 1 fully saturated rings. The minimum atomic E-state index is -0.444. The van der Waals surface area contributed by atoms with Gasteiger partial charge in [0, 0.05) is 17.8 Å². The summed E-state index contributed by atoms with van der Waals surface area (Å²) >= 11 is 0. The van der Waals surface area contributed by atoms with Gasteiger partial charge in [-0.05, 0) is 24.8 Å². The fourth-order valence-corrected chi connectivity index (χ4v) is 2.16. The molecule has 1 saturated carbocycles. The molecule has 0 radical (unpaired) electrons. The summed E-state index contributed by atoms with van der Waals surface area (Å²) < 4.78 is 0. The second-order valence-corrected chi connectivity index (χ2v) is 4.43. The van der Waals surface area contributed by atoms with Gasteiger partial charge >= 0.3 is 0 Å². The van der Waals surface area contributed by atoms with Gasteiger partial charge in [-0.1, -0.05) is 18.2 Å². The lowest BCUT2D eigenvalue weighted by molar-refractivity contribution is -0.119. The van der Waals surface area contributed by atoms with Gasteiger partial charge in [0.15, 0.2) is 0 Å². The van der Waals surface area contributed by atoms with E-state index < -0.39 is 6.04 Å². The first-order valence-electron chi connectivity index (χ1n) is 5.43. The number of para-hydroxylation sites is 1. The van der Waals surface area contributed by atoms with Crippen LogP contribution >= 0.6 is 12.4 Å². The zero-order chi connectivity index (χ0) is 10.4. The predicted octanol–water partition coefficient (Wildman–Crippen LogP) is 1.86. The molecule has 1 aromatic carbocycles. The molecule has 1 aliphatic heterocycles. The topological polar surface area (TPSA) is 46.3 Å². The number of rotatable bonds is 2. The van der Waals surface area contributed by atoms with E-state index >= 15 is 0 Å². The minimum Gasteiger partial charge on any atom is -0.316 e. The summed E-state index contributed by atoms with van der Waals surface area (Å²) in [5.74, 6) is 0.760. The molecular formula is C12H15ClN2O. The molecule has 0 saturated heterocycles. The number of amides is 1. The number of hydrogen-bond donors (Lipinski definition) is 1. The molecular weight excluding hydrogens is 224 g/mol. The number of carbonyl (C=O) groups excluding carboxylic acids is 1. The van der Waals surface area contributed by atoms with E-state index in [0.29, 0.717) is 5.92 Å². The lowest BCUT2D eigenvalue weighted by atomic mass is 10.1. The molecule has 0 aromatic heterocycles. The van der Waals surface area contributed by atoms with Crippen molar-refractivity contribution in [1.82, 2.24) is 0 Å². The van der Waals surface area contributed by atoms with Crippen LogP contribution in [0.3, 0.4) is 0 Å². The maximum Gasteiger partial charge on any atom is 0.248 e. The zero-order valence-corrected chi connectivity index (χ0v) is 9.74. The van der Waals surface area contributed by atoms with Crippen molar-refractivity contribution in [2.45, 2.75) is 18.9 Å². The van der Waals surface area contributed by atoms with Crippen LogP contribution in [0.5, 0.6) is 0 Å². The Morgan fingerprint density at radius 3 is 2.69 bits per heavy atom. The fraction of sp³-hybridized carbons (Fsp3) is 0.417. The number of nitrogens with zero attached hydrogens (tertiary/aromatic N) is 1. The van der Waals surface area contributed by atoms with Crippen LogP contribution in [-0.2, 0) is 4.79 Å². The highest BCUT2D eigenvalue weighted by Gasteiger charge is 2.37. The van der Waals surface area contributed by atoms with Crippen LogP contribution in [0, 0.1) is 5.92 Å². The smallest absolute Gasteiger partial charge is 0.248 e. The molecule has 3 rings (SSSR count). The van der Waals surface area contributed by atoms with Crippen molar-refractivity contribution in [2.24, 2.45) is 11.7 Å². The van der Waals surface area contributed by atoms with Crippen LogP contribution in [0.25, 0.3) is 0 Å². The molecule has 0 bridgehead atoms. The van der Waals surface area contributed by atoms with Crippen molar-refractivity contribution in [2.75, 3.05) is 11.4 Å². The molecule has 4 heteroatoms. The maximum absolute atomic E-state index is 11.9. The van der Waals surface area contributed by atoms with Gasteiger partial charge in [0.05, 0.1) is 0 Å². The van der Waals surface area contributed by atoms with Crippen molar-refractivity contribution in [1.29, 1.82) is 0 Å². The molecule has 1 unspecified atom stereocenters. The van der Waals surface area contributed by atoms with Gasteiger partial charge in [-0.15, -0.1) is 12.4 Å². The Morgan fingerprint density at radius 1 is 1.31 bits per heavy atom. The molecule has 1 aliphatic carbocycles. The minimum absolute atomic E-state index is 0. The van der Waals surface area contributed by atoms with E-state index in [9.17, 15) is 4.79 Å². The molecule has 1 atom stereocenters. The van der Waals surface area contributed by atoms with Gasteiger partial charge in [-0.25, -0.2) is 0 Å². The van der Waals surface area contributed by atoms with Crippen LogP contribution < -0.4 is 10.6 Å². The summed E-state index contributed by atoms with van der Waals surface area (Å²) in [6.45, 7) is 0.851. The Hall–Kier alpha value is -1.06. The van der Waals surface area contributed by atoms with E-state index in [2.05, 4.69) is 0 Å². The first kappa shape index (κ1) is 11.4. The average Bonchev–Trinajstić information content (AvgIpc) is 3.04. The summed E-state index contributed by atoms with van der Waals surface area (Å²) in [5.41, 5.74) is 7.88. The highest BCUT2D eigenvalue weighted by molar-refractivity contribution is 6.04. The van der Waals surface area contributed by atoms with Gasteiger partial charge in [0.25, 0.3) is 0 Å². The van der Waals surface area contributed by atoms with Crippen molar-refractivity contribution >= 4 is 24.0 Å². The first-order chi connectivity index (χ1) is 7.27. The number of nitrogens with two attached hydrogens (primary N) is 1. The third-order valence-electron chi connectivity index (χ3n) is 3.23. The van der Waals surface area contributed by atoms with E-state index in [-0.39, 0.29) is 18.3 Å². The van der Waals surface area contributed by atoms with E-state index in [1.165, 1.54) is 12.8 Å². The quantitative estimate of drug-likeness (QED) is 0.855. The highest BCUT2D eigenvalue weighted by atomic mass is 35.5. The molecule has 1 heterocycles. The maximum atomic E-state index is 11.9. The normalized spacial score (nSPS) is 22.9. The molecule has 0 spiro atoms. The monoisotopic (exact) mass is 238 g/mol. The van der Waals surface area contributed by atoms with Crippen LogP contribution in [0.4, 0.5) is 5.69 Å². The SMILES string of the molecule is Cl.NC1C(=O)N(CC2CC2)c2ccccc21. The average molecular weight is 239 g/mol. The van der Waals surface area contributed by atoms with Crippen molar-refractivity contribution < 1.29 is 4.79 Å². The molecule has 3 nitrogen and oxygen atoms in total. The molecule has 2 aliphatic rings. The van der Waals surface area contributed by atoms with Gasteiger partial charge in [0.1, 0.15) is 6.04 Å². The fourth-order valence-electron chi connectivity index (χ4n) is 2.16. The van der Waals surface area contributed by atoms with Crippen LogP contribution in [-0.4, -0.2) is 12.5 Å². The summed E-state index contributed by atoms with van der Waals surface area (Å²) in [4.78, 5) is 13.8. The van der Waals surface area contributed by atoms with Crippen LogP contribution in [0.1, 0.15) is 24.4 Å². The second-order valence-electron chi connectivity index (χ2n) is 4.43. The second kappa shape index (κ2) is 4.07. The Balaban J connectivity index is 0.000000963. The summed E-state index contributed by atoms with van der Waals surface area (Å²) in [6, 6.07) is 7.39. The lowest BCUT2D eigenvalue weighted by Crippen LogP contribution is -2.33. The molecule has 2 N–H and O–H groups in total. The number of fused-ring (bicyclic) bond motifs is 1. The molecule has 86 valence electrons. The van der Waals surface area contributed by atoms with E-state index in [1.807, 2.05) is 29.2 Å². The summed E-state index contributed by atoms with van der Waals surface area (Å²) in [5, 5.41) is 0. The molecule has 1 amide bonds. The van der Waals surface area contributed by atoms with Gasteiger partial charge in [-0.2, -0.15) is 0 Å². The standard InChI is InChI=1S/C12H14N2O.ClH/c13-11-9-3-1-2-4-10(9)14(12(11)15)7-8-5-6-8;/h1-4,8,11H,5-7,13H2;1H. The largest absolute Gasteiger partial charge is 0.316 e. The number of anilines is 1. The number of benzene rings is 1. The molecule has 16 heavy (non-hydrogen) atoms. The Kier molecular flexibility index (Phi) is 2.91. The van der Waals surface area contributed by atoms with E-state index in [0.717, 1.165) is 17.8 Å². The summed E-state index contributed by atoms with van der Waals surface area (Å²) in [6.07, 6.45) is 2.50. The van der Waals surface area contributed by atoms with Gasteiger partial charge < -0.3 is 10.6 Å². The van der Waals surface area contributed by atoms with Crippen LogP contribution in [0.2, 0.25) is 0 Å². The van der Waals surface area contributed by atoms with Gasteiger partial charge in [-0.3, -0.25) is 4.79 Å². The number of halogens is 1.